The molecule has 40 heavy (non-hydrogen) atoms. The zero-order chi connectivity index (χ0) is 27.7. The Kier molecular flexibility index (Phi) is 7.84. The Bertz CT molecular complexity index is 1160. The molecule has 214 valence electrons. The normalized spacial score (nSPS) is 31.4. The standard InChI is InChI=1S/C33H44N4O3/c1-22(2)29(35-32(39)33-18-24-14-25(19-33)16-26(15-24)20-33)31(38)36-34-21-28-9-8-27(17-23-6-4-3-5-7-23)30(28)37-10-12-40-13-11-37/h3-7,17,21-22,24-26,29H,8-16,18-20H2,1-2H3,(H,35,39)(H,36,38)/b27-17+,34-21+. The fourth-order valence-corrected chi connectivity index (χ4v) is 8.38. The van der Waals surface area contributed by atoms with Crippen LogP contribution in [-0.4, -0.2) is 55.3 Å². The van der Waals surface area contributed by atoms with Crippen molar-refractivity contribution in [3.8, 4) is 0 Å². The number of nitrogens with zero attached hydrogens (tertiary/aromatic N) is 2. The van der Waals surface area contributed by atoms with E-state index < -0.39 is 6.04 Å². The lowest BCUT2D eigenvalue weighted by Crippen LogP contribution is -2.58. The van der Waals surface area contributed by atoms with Crippen LogP contribution in [0.4, 0.5) is 0 Å². The lowest BCUT2D eigenvalue weighted by atomic mass is 9.49. The first kappa shape index (κ1) is 27.3. The van der Waals surface area contributed by atoms with Gasteiger partial charge in [0.15, 0.2) is 0 Å². The van der Waals surface area contributed by atoms with Crippen LogP contribution in [0.1, 0.15) is 70.8 Å². The van der Waals surface area contributed by atoms with E-state index in [4.69, 9.17) is 4.74 Å². The highest BCUT2D eigenvalue weighted by Gasteiger charge is 2.55. The van der Waals surface area contributed by atoms with Crippen molar-refractivity contribution in [3.63, 3.8) is 0 Å². The summed E-state index contributed by atoms with van der Waals surface area (Å²) in [6.07, 6.45) is 12.7. The van der Waals surface area contributed by atoms with Crippen molar-refractivity contribution in [2.45, 2.75) is 71.3 Å². The summed E-state index contributed by atoms with van der Waals surface area (Å²) in [5, 5.41) is 7.60. The SMILES string of the molecule is CC(C)C(NC(=O)C12CC3CC(CC(C3)C1)C2)C(=O)N/N=C/C1=C(N2CCOCC2)C(=C/c2ccccc2)/CC1. The number of rotatable bonds is 8. The molecular formula is C33H44N4O3. The van der Waals surface area contributed by atoms with E-state index in [-0.39, 0.29) is 23.1 Å². The van der Waals surface area contributed by atoms with Crippen molar-refractivity contribution in [2.75, 3.05) is 26.3 Å². The second-order valence-corrected chi connectivity index (χ2v) is 13.2. The molecule has 7 rings (SSSR count). The van der Waals surface area contributed by atoms with Gasteiger partial charge in [-0.15, -0.1) is 0 Å². The molecule has 2 N–H and O–H groups in total. The van der Waals surface area contributed by atoms with Crippen LogP contribution in [0.3, 0.4) is 0 Å². The molecule has 1 saturated heterocycles. The first-order chi connectivity index (χ1) is 19.4. The molecule has 1 atom stereocenters. The molecule has 1 aliphatic heterocycles. The maximum absolute atomic E-state index is 13.6. The minimum absolute atomic E-state index is 0.0249. The molecule has 4 bridgehead atoms. The van der Waals surface area contributed by atoms with E-state index in [2.05, 4.69) is 51.1 Å². The van der Waals surface area contributed by atoms with Crippen LogP contribution >= 0.6 is 0 Å². The largest absolute Gasteiger partial charge is 0.378 e. The summed E-state index contributed by atoms with van der Waals surface area (Å²) in [4.78, 5) is 29.3. The minimum atomic E-state index is -0.595. The molecule has 0 aromatic heterocycles. The summed E-state index contributed by atoms with van der Waals surface area (Å²) < 4.78 is 5.61. The molecule has 4 saturated carbocycles. The van der Waals surface area contributed by atoms with Crippen LogP contribution in [-0.2, 0) is 14.3 Å². The molecular weight excluding hydrogens is 500 g/mol. The number of carbonyl (C=O) groups is 2. The Morgan fingerprint density at radius 2 is 1.65 bits per heavy atom. The third-order valence-electron chi connectivity index (χ3n) is 9.89. The van der Waals surface area contributed by atoms with Crippen molar-refractivity contribution in [1.29, 1.82) is 0 Å². The molecule has 1 heterocycles. The van der Waals surface area contributed by atoms with Gasteiger partial charge in [-0.2, -0.15) is 5.10 Å². The molecule has 0 radical (unpaired) electrons. The van der Waals surface area contributed by atoms with Crippen LogP contribution in [0.2, 0.25) is 0 Å². The van der Waals surface area contributed by atoms with Crippen LogP contribution in [0.15, 0.2) is 52.3 Å². The average molecular weight is 545 g/mol. The number of hydrogen-bond acceptors (Lipinski definition) is 5. The smallest absolute Gasteiger partial charge is 0.262 e. The molecule has 1 unspecified atom stereocenters. The fourth-order valence-electron chi connectivity index (χ4n) is 8.38. The summed E-state index contributed by atoms with van der Waals surface area (Å²) in [5.74, 6) is 1.89. The maximum atomic E-state index is 13.6. The van der Waals surface area contributed by atoms with Gasteiger partial charge in [-0.3, -0.25) is 9.59 Å². The van der Waals surface area contributed by atoms with Crippen molar-refractivity contribution in [1.82, 2.24) is 15.6 Å². The molecule has 1 aromatic carbocycles. The highest BCUT2D eigenvalue weighted by atomic mass is 16.5. The lowest BCUT2D eigenvalue weighted by Gasteiger charge is -2.55. The second-order valence-electron chi connectivity index (χ2n) is 13.2. The van der Waals surface area contributed by atoms with Crippen molar-refractivity contribution >= 4 is 24.1 Å². The van der Waals surface area contributed by atoms with Crippen molar-refractivity contribution in [2.24, 2.45) is 34.2 Å². The maximum Gasteiger partial charge on any atom is 0.262 e. The van der Waals surface area contributed by atoms with Gasteiger partial charge in [-0.25, -0.2) is 5.43 Å². The predicted octanol–water partition coefficient (Wildman–Crippen LogP) is 4.91. The van der Waals surface area contributed by atoms with Gasteiger partial charge >= 0.3 is 0 Å². The number of allylic oxidation sites excluding steroid dienone is 2. The molecule has 5 aliphatic carbocycles. The van der Waals surface area contributed by atoms with Crippen LogP contribution in [0, 0.1) is 29.1 Å². The van der Waals surface area contributed by atoms with E-state index in [1.54, 1.807) is 0 Å². The predicted molar refractivity (Wildman–Crippen MR) is 157 cm³/mol. The lowest BCUT2D eigenvalue weighted by molar-refractivity contribution is -0.149. The Morgan fingerprint density at radius 3 is 2.27 bits per heavy atom. The van der Waals surface area contributed by atoms with E-state index in [9.17, 15) is 9.59 Å². The summed E-state index contributed by atoms with van der Waals surface area (Å²) in [6.45, 7) is 7.09. The zero-order valence-electron chi connectivity index (χ0n) is 24.0. The van der Waals surface area contributed by atoms with E-state index >= 15 is 0 Å². The topological polar surface area (TPSA) is 83.0 Å². The van der Waals surface area contributed by atoms with Gasteiger partial charge in [0.2, 0.25) is 5.91 Å². The van der Waals surface area contributed by atoms with E-state index in [1.165, 1.54) is 36.1 Å². The molecule has 6 aliphatic rings. The summed E-state index contributed by atoms with van der Waals surface area (Å²) in [5.41, 5.74) is 7.32. The van der Waals surface area contributed by atoms with Crippen LogP contribution in [0.5, 0.6) is 0 Å². The first-order valence-corrected chi connectivity index (χ1v) is 15.4. The van der Waals surface area contributed by atoms with Crippen LogP contribution < -0.4 is 10.7 Å². The summed E-state index contributed by atoms with van der Waals surface area (Å²) >= 11 is 0. The molecule has 7 nitrogen and oxygen atoms in total. The monoisotopic (exact) mass is 544 g/mol. The number of hydrogen-bond donors (Lipinski definition) is 2. The highest BCUT2D eigenvalue weighted by Crippen LogP contribution is 2.60. The minimum Gasteiger partial charge on any atom is -0.378 e. The highest BCUT2D eigenvalue weighted by molar-refractivity contribution is 5.91. The van der Waals surface area contributed by atoms with Gasteiger partial charge in [0.05, 0.1) is 19.4 Å². The van der Waals surface area contributed by atoms with Gasteiger partial charge in [0.1, 0.15) is 6.04 Å². The number of benzene rings is 1. The number of amides is 2. The number of carbonyl (C=O) groups excluding carboxylic acids is 2. The molecule has 1 aromatic rings. The van der Waals surface area contributed by atoms with Gasteiger partial charge in [-0.1, -0.05) is 44.2 Å². The average Bonchev–Trinajstić information content (AvgIpc) is 3.33. The summed E-state index contributed by atoms with van der Waals surface area (Å²) in [7, 11) is 0. The van der Waals surface area contributed by atoms with Gasteiger partial charge in [0.25, 0.3) is 5.91 Å². The van der Waals surface area contributed by atoms with Crippen molar-refractivity contribution in [3.05, 3.63) is 52.7 Å². The summed E-state index contributed by atoms with van der Waals surface area (Å²) in [6, 6.07) is 9.81. The molecule has 7 heteroatoms. The number of hydrazone groups is 1. The second kappa shape index (κ2) is 11.5. The van der Waals surface area contributed by atoms with E-state index in [1.807, 2.05) is 26.1 Å². The van der Waals surface area contributed by atoms with Gasteiger partial charge in [0, 0.05) is 24.2 Å². The number of morpholine rings is 1. The Morgan fingerprint density at radius 1 is 1.00 bits per heavy atom. The fraction of sp³-hybridized carbons (Fsp3) is 0.606. The van der Waals surface area contributed by atoms with Crippen LogP contribution in [0.25, 0.3) is 6.08 Å². The first-order valence-electron chi connectivity index (χ1n) is 15.4. The Hall–Kier alpha value is -2.93. The van der Waals surface area contributed by atoms with E-state index in [0.29, 0.717) is 31.0 Å². The quantitative estimate of drug-likeness (QED) is 0.360. The molecule has 2 amide bonds. The Labute approximate surface area is 238 Å². The molecule has 0 spiro atoms. The Balaban J connectivity index is 1.15. The van der Waals surface area contributed by atoms with Gasteiger partial charge in [-0.05, 0) is 97.8 Å². The van der Waals surface area contributed by atoms with E-state index in [0.717, 1.165) is 50.8 Å². The number of nitrogens with one attached hydrogen (secondary N) is 2. The third-order valence-corrected chi connectivity index (χ3v) is 9.89. The number of ether oxygens (including phenoxy) is 1. The van der Waals surface area contributed by atoms with Gasteiger partial charge < -0.3 is 15.0 Å². The molecule has 5 fully saturated rings. The van der Waals surface area contributed by atoms with Crippen molar-refractivity contribution < 1.29 is 14.3 Å². The zero-order valence-corrected chi connectivity index (χ0v) is 24.0. The third kappa shape index (κ3) is 5.63.